The summed E-state index contributed by atoms with van der Waals surface area (Å²) in [5.74, 6) is 0.393. The molecule has 0 aliphatic heterocycles. The van der Waals surface area contributed by atoms with Gasteiger partial charge < -0.3 is 14.8 Å². The molecule has 1 amide bonds. The number of aryl methyl sites for hydroxylation is 1. The Hall–Kier alpha value is -3.29. The SMILES string of the molecule is COc1cccc(/C=C(\C#N)C(=O)Nc2sc3c(c2C#N)CCCC3)c1OC. The second kappa shape index (κ2) is 8.60. The summed E-state index contributed by atoms with van der Waals surface area (Å²) in [6.07, 6.45) is 5.37. The number of carbonyl (C=O) groups is 1. The molecule has 0 spiro atoms. The summed E-state index contributed by atoms with van der Waals surface area (Å²) in [6.45, 7) is 0. The normalized spacial score (nSPS) is 13.1. The highest BCUT2D eigenvalue weighted by Crippen LogP contribution is 2.38. The number of ether oxygens (including phenoxy) is 2. The van der Waals surface area contributed by atoms with Gasteiger partial charge >= 0.3 is 0 Å². The number of benzene rings is 1. The van der Waals surface area contributed by atoms with Gasteiger partial charge in [-0.1, -0.05) is 12.1 Å². The molecule has 0 bridgehead atoms. The van der Waals surface area contributed by atoms with Gasteiger partial charge in [0.2, 0.25) is 0 Å². The molecule has 1 aromatic carbocycles. The highest BCUT2D eigenvalue weighted by Gasteiger charge is 2.23. The van der Waals surface area contributed by atoms with Gasteiger partial charge in [-0.3, -0.25) is 4.79 Å². The quantitative estimate of drug-likeness (QED) is 0.610. The highest BCUT2D eigenvalue weighted by atomic mass is 32.1. The molecule has 2 aromatic rings. The first-order valence-electron chi connectivity index (χ1n) is 8.81. The Balaban J connectivity index is 1.92. The second-order valence-electron chi connectivity index (χ2n) is 6.23. The molecule has 1 aliphatic carbocycles. The lowest BCUT2D eigenvalue weighted by Gasteiger charge is -2.10. The Labute approximate surface area is 167 Å². The number of nitrogens with zero attached hydrogens (tertiary/aromatic N) is 2. The fraction of sp³-hybridized carbons (Fsp3) is 0.286. The van der Waals surface area contributed by atoms with E-state index in [4.69, 9.17) is 9.47 Å². The molecule has 6 nitrogen and oxygen atoms in total. The zero-order chi connectivity index (χ0) is 20.1. The van der Waals surface area contributed by atoms with Crippen molar-refractivity contribution in [3.05, 3.63) is 45.3 Å². The number of hydrogen-bond donors (Lipinski definition) is 1. The Morgan fingerprint density at radius 3 is 2.68 bits per heavy atom. The van der Waals surface area contributed by atoms with E-state index in [1.165, 1.54) is 31.6 Å². The lowest BCUT2D eigenvalue weighted by molar-refractivity contribution is -0.112. The van der Waals surface area contributed by atoms with Gasteiger partial charge in [-0.25, -0.2) is 0 Å². The number of nitrogens with one attached hydrogen (secondary N) is 1. The van der Waals surface area contributed by atoms with Crippen LogP contribution in [0.1, 0.15) is 34.4 Å². The predicted octanol–water partition coefficient (Wildman–Crippen LogP) is 4.06. The summed E-state index contributed by atoms with van der Waals surface area (Å²) in [5, 5.41) is 22.3. The van der Waals surface area contributed by atoms with Crippen molar-refractivity contribution in [2.45, 2.75) is 25.7 Å². The van der Waals surface area contributed by atoms with Crippen molar-refractivity contribution < 1.29 is 14.3 Å². The van der Waals surface area contributed by atoms with E-state index in [9.17, 15) is 15.3 Å². The predicted molar refractivity (Wildman–Crippen MR) is 107 cm³/mol. The number of anilines is 1. The van der Waals surface area contributed by atoms with Crippen LogP contribution in [0.4, 0.5) is 5.00 Å². The van der Waals surface area contributed by atoms with Crippen molar-refractivity contribution in [2.75, 3.05) is 19.5 Å². The molecular formula is C21H19N3O3S. The molecule has 142 valence electrons. The fourth-order valence-electron chi connectivity index (χ4n) is 3.27. The summed E-state index contributed by atoms with van der Waals surface area (Å²) in [5.41, 5.74) is 2.02. The Morgan fingerprint density at radius 1 is 1.21 bits per heavy atom. The van der Waals surface area contributed by atoms with Crippen molar-refractivity contribution in [1.29, 1.82) is 10.5 Å². The van der Waals surface area contributed by atoms with Crippen LogP contribution in [0, 0.1) is 22.7 Å². The first-order chi connectivity index (χ1) is 13.6. The van der Waals surface area contributed by atoms with Gasteiger partial charge in [-0.05, 0) is 43.4 Å². The maximum Gasteiger partial charge on any atom is 0.266 e. The maximum atomic E-state index is 12.7. The van der Waals surface area contributed by atoms with Gasteiger partial charge in [0.25, 0.3) is 5.91 Å². The number of amides is 1. The molecule has 1 N–H and O–H groups in total. The second-order valence-corrected chi connectivity index (χ2v) is 7.34. The van der Waals surface area contributed by atoms with E-state index in [2.05, 4.69) is 11.4 Å². The van der Waals surface area contributed by atoms with Crippen LogP contribution >= 0.6 is 11.3 Å². The standard InChI is InChI=1S/C21H19N3O3S/c1-26-17-8-5-6-13(19(17)27-2)10-14(11-22)20(25)24-21-16(12-23)15-7-3-4-9-18(15)28-21/h5-6,8,10H,3-4,7,9H2,1-2H3,(H,24,25)/b14-10+. The van der Waals surface area contributed by atoms with Gasteiger partial charge in [0.1, 0.15) is 22.7 Å². The van der Waals surface area contributed by atoms with Gasteiger partial charge in [-0.2, -0.15) is 10.5 Å². The summed E-state index contributed by atoms with van der Waals surface area (Å²) in [7, 11) is 3.02. The molecule has 0 fully saturated rings. The summed E-state index contributed by atoms with van der Waals surface area (Å²) < 4.78 is 10.6. The van der Waals surface area contributed by atoms with Crippen LogP contribution in [-0.2, 0) is 17.6 Å². The summed E-state index contributed by atoms with van der Waals surface area (Å²) in [4.78, 5) is 13.9. The van der Waals surface area contributed by atoms with E-state index in [0.29, 0.717) is 27.6 Å². The summed E-state index contributed by atoms with van der Waals surface area (Å²) in [6, 6.07) is 9.36. The molecule has 0 radical (unpaired) electrons. The van der Waals surface area contributed by atoms with Gasteiger partial charge in [0, 0.05) is 10.4 Å². The molecular weight excluding hydrogens is 374 g/mol. The van der Waals surface area contributed by atoms with E-state index >= 15 is 0 Å². The van der Waals surface area contributed by atoms with Gasteiger partial charge in [0.05, 0.1) is 19.8 Å². The molecule has 28 heavy (non-hydrogen) atoms. The first-order valence-corrected chi connectivity index (χ1v) is 9.63. The maximum absolute atomic E-state index is 12.7. The van der Waals surface area contributed by atoms with E-state index < -0.39 is 5.91 Å². The molecule has 1 aromatic heterocycles. The summed E-state index contributed by atoms with van der Waals surface area (Å²) >= 11 is 1.43. The number of rotatable bonds is 5. The number of thiophene rings is 1. The van der Waals surface area contributed by atoms with Crippen LogP contribution in [-0.4, -0.2) is 20.1 Å². The number of para-hydroxylation sites is 1. The van der Waals surface area contributed by atoms with Crippen LogP contribution in [0.3, 0.4) is 0 Å². The van der Waals surface area contributed by atoms with E-state index in [1.807, 2.05) is 6.07 Å². The highest BCUT2D eigenvalue weighted by molar-refractivity contribution is 7.16. The third-order valence-corrected chi connectivity index (χ3v) is 5.82. The van der Waals surface area contributed by atoms with Crippen LogP contribution in [0.2, 0.25) is 0 Å². The third kappa shape index (κ3) is 3.71. The van der Waals surface area contributed by atoms with Crippen LogP contribution in [0.5, 0.6) is 11.5 Å². The molecule has 0 saturated heterocycles. The molecule has 3 rings (SSSR count). The average Bonchev–Trinajstić information content (AvgIpc) is 3.08. The van der Waals surface area contributed by atoms with Crippen molar-refractivity contribution in [3.63, 3.8) is 0 Å². The third-order valence-electron chi connectivity index (χ3n) is 4.61. The lowest BCUT2D eigenvalue weighted by atomic mass is 9.96. The van der Waals surface area contributed by atoms with Crippen LogP contribution < -0.4 is 14.8 Å². The minimum absolute atomic E-state index is 0.0817. The van der Waals surface area contributed by atoms with E-state index in [-0.39, 0.29) is 5.57 Å². The number of hydrogen-bond acceptors (Lipinski definition) is 6. The minimum Gasteiger partial charge on any atom is -0.493 e. The fourth-order valence-corrected chi connectivity index (χ4v) is 4.51. The van der Waals surface area contributed by atoms with Gasteiger partial charge in [0.15, 0.2) is 11.5 Å². The monoisotopic (exact) mass is 393 g/mol. The van der Waals surface area contributed by atoms with E-state index in [0.717, 1.165) is 36.1 Å². The van der Waals surface area contributed by atoms with Crippen LogP contribution in [0.15, 0.2) is 23.8 Å². The Morgan fingerprint density at radius 2 is 2.00 bits per heavy atom. The molecule has 0 saturated carbocycles. The largest absolute Gasteiger partial charge is 0.493 e. The first kappa shape index (κ1) is 19.5. The molecule has 1 aliphatic rings. The number of carbonyl (C=O) groups excluding carboxylic acids is 1. The molecule has 1 heterocycles. The van der Waals surface area contributed by atoms with Crippen molar-refractivity contribution in [3.8, 4) is 23.6 Å². The zero-order valence-corrected chi connectivity index (χ0v) is 16.5. The smallest absolute Gasteiger partial charge is 0.266 e. The molecule has 0 atom stereocenters. The van der Waals surface area contributed by atoms with Crippen molar-refractivity contribution >= 4 is 28.3 Å². The number of methoxy groups -OCH3 is 2. The zero-order valence-electron chi connectivity index (χ0n) is 15.7. The average molecular weight is 393 g/mol. The van der Waals surface area contributed by atoms with Gasteiger partial charge in [-0.15, -0.1) is 11.3 Å². The van der Waals surface area contributed by atoms with E-state index in [1.54, 1.807) is 18.2 Å². The number of fused-ring (bicyclic) bond motifs is 1. The lowest BCUT2D eigenvalue weighted by Crippen LogP contribution is -2.13. The topological polar surface area (TPSA) is 95.1 Å². The van der Waals surface area contributed by atoms with Crippen molar-refractivity contribution in [1.82, 2.24) is 0 Å². The molecule has 0 unspecified atom stereocenters. The Kier molecular flexibility index (Phi) is 5.98. The number of nitriles is 2. The molecule has 7 heteroatoms. The minimum atomic E-state index is -0.553. The van der Waals surface area contributed by atoms with Crippen molar-refractivity contribution in [2.24, 2.45) is 0 Å². The van der Waals surface area contributed by atoms with Crippen LogP contribution in [0.25, 0.3) is 6.08 Å². The Bertz CT molecular complexity index is 1020.